The molecule has 1 aromatic heterocycles. The van der Waals surface area contributed by atoms with Gasteiger partial charge in [-0.15, -0.1) is 0 Å². The quantitative estimate of drug-likeness (QED) is 0.503. The Bertz CT molecular complexity index is 569. The van der Waals surface area contributed by atoms with E-state index in [0.717, 1.165) is 0 Å². The molecule has 88 valence electrons. The Balaban J connectivity index is 2.57. The first kappa shape index (κ1) is 13.3. The van der Waals surface area contributed by atoms with E-state index in [0.29, 0.717) is 15.0 Å². The molecule has 0 fully saturated rings. The molecule has 0 bridgehead atoms. The van der Waals surface area contributed by atoms with Crippen LogP contribution in [0.1, 0.15) is 0 Å². The van der Waals surface area contributed by atoms with Crippen LogP contribution in [0, 0.1) is 9.39 Å². The van der Waals surface area contributed by atoms with Crippen molar-refractivity contribution in [2.45, 2.75) is 0 Å². The van der Waals surface area contributed by atoms with Gasteiger partial charge in [-0.2, -0.15) is 0 Å². The minimum atomic E-state index is -0.502. The van der Waals surface area contributed by atoms with Crippen LogP contribution >= 0.6 is 57.4 Å². The topological polar surface area (TPSA) is 25.8 Å². The Hall–Kier alpha value is -0.170. The number of halogens is 5. The van der Waals surface area contributed by atoms with Gasteiger partial charge in [-0.3, -0.25) is 0 Å². The van der Waals surface area contributed by atoms with Crippen molar-refractivity contribution in [1.82, 2.24) is 9.97 Å². The molecule has 1 aromatic carbocycles. The molecule has 1 heterocycles. The number of aromatic nitrogens is 2. The number of benzene rings is 1. The zero-order valence-corrected chi connectivity index (χ0v) is 12.4. The third kappa shape index (κ3) is 2.81. The maximum absolute atomic E-state index is 13.0. The maximum atomic E-state index is 13.0. The first-order chi connectivity index (χ1) is 7.99. The molecule has 0 radical (unpaired) electrons. The normalized spacial score (nSPS) is 10.6. The van der Waals surface area contributed by atoms with Gasteiger partial charge in [-0.1, -0.05) is 34.8 Å². The zero-order valence-electron chi connectivity index (χ0n) is 8.02. The van der Waals surface area contributed by atoms with Crippen molar-refractivity contribution in [3.05, 3.63) is 42.9 Å². The molecule has 17 heavy (non-hydrogen) atoms. The molecule has 0 atom stereocenters. The maximum Gasteiger partial charge on any atom is 0.162 e. The molecule has 0 N–H and O–H groups in total. The summed E-state index contributed by atoms with van der Waals surface area (Å²) >= 11 is 19.4. The van der Waals surface area contributed by atoms with E-state index in [9.17, 15) is 4.39 Å². The van der Waals surface area contributed by atoms with Crippen molar-refractivity contribution >= 4 is 57.4 Å². The van der Waals surface area contributed by atoms with Gasteiger partial charge in [0.15, 0.2) is 5.82 Å². The van der Waals surface area contributed by atoms with Crippen molar-refractivity contribution in [1.29, 1.82) is 0 Å². The van der Waals surface area contributed by atoms with Gasteiger partial charge < -0.3 is 0 Å². The predicted molar refractivity (Wildman–Crippen MR) is 75.2 cm³/mol. The van der Waals surface area contributed by atoms with Crippen molar-refractivity contribution in [3.63, 3.8) is 0 Å². The van der Waals surface area contributed by atoms with Crippen LogP contribution in [-0.4, -0.2) is 9.97 Å². The highest BCUT2D eigenvalue weighted by Crippen LogP contribution is 2.28. The Morgan fingerprint density at radius 1 is 1.06 bits per heavy atom. The van der Waals surface area contributed by atoms with Gasteiger partial charge in [0.2, 0.25) is 0 Å². The van der Waals surface area contributed by atoms with Gasteiger partial charge in [0.05, 0.1) is 8.59 Å². The molecular formula is C10H3Cl3FIN2. The smallest absolute Gasteiger partial charge is 0.162 e. The van der Waals surface area contributed by atoms with Gasteiger partial charge >= 0.3 is 0 Å². The fourth-order valence-corrected chi connectivity index (χ4v) is 1.97. The van der Waals surface area contributed by atoms with Gasteiger partial charge in [-0.25, -0.2) is 14.4 Å². The summed E-state index contributed by atoms with van der Waals surface area (Å²) in [5.41, 5.74) is 0.552. The van der Waals surface area contributed by atoms with E-state index < -0.39 is 5.82 Å². The monoisotopic (exact) mass is 402 g/mol. The zero-order chi connectivity index (χ0) is 12.6. The Kier molecular flexibility index (Phi) is 4.07. The van der Waals surface area contributed by atoms with Crippen molar-refractivity contribution in [3.8, 4) is 11.4 Å². The molecule has 2 rings (SSSR count). The van der Waals surface area contributed by atoms with E-state index in [4.69, 9.17) is 34.8 Å². The molecule has 0 aliphatic heterocycles. The summed E-state index contributed by atoms with van der Waals surface area (Å²) in [5.74, 6) is -0.194. The molecule has 0 aliphatic rings. The third-order valence-electron chi connectivity index (χ3n) is 1.95. The van der Waals surface area contributed by atoms with Crippen LogP contribution in [0.4, 0.5) is 4.39 Å². The van der Waals surface area contributed by atoms with Crippen LogP contribution in [0.15, 0.2) is 18.2 Å². The summed E-state index contributed by atoms with van der Waals surface area (Å²) in [6, 6.07) is 4.17. The van der Waals surface area contributed by atoms with E-state index in [-0.39, 0.29) is 15.3 Å². The lowest BCUT2D eigenvalue weighted by atomic mass is 10.2. The van der Waals surface area contributed by atoms with Crippen molar-refractivity contribution in [2.75, 3.05) is 0 Å². The van der Waals surface area contributed by atoms with E-state index in [1.165, 1.54) is 18.2 Å². The van der Waals surface area contributed by atoms with E-state index in [2.05, 4.69) is 9.97 Å². The van der Waals surface area contributed by atoms with Crippen LogP contribution in [0.5, 0.6) is 0 Å². The number of rotatable bonds is 1. The summed E-state index contributed by atoms with van der Waals surface area (Å²) < 4.78 is 13.6. The van der Waals surface area contributed by atoms with Gasteiger partial charge in [0.25, 0.3) is 0 Å². The number of nitrogens with zero attached hydrogens (tertiary/aromatic N) is 2. The van der Waals surface area contributed by atoms with Crippen LogP contribution in [0.2, 0.25) is 15.3 Å². The SMILES string of the molecule is Fc1ccc(-c2nc(Cl)c(I)c(Cl)n2)cc1Cl. The lowest BCUT2D eigenvalue weighted by Crippen LogP contribution is -1.94. The second-order valence-corrected chi connectivity index (χ2v) is 5.27. The molecule has 0 saturated carbocycles. The van der Waals surface area contributed by atoms with E-state index >= 15 is 0 Å². The summed E-state index contributed by atoms with van der Waals surface area (Å²) in [6.07, 6.45) is 0. The molecule has 0 aliphatic carbocycles. The summed E-state index contributed by atoms with van der Waals surface area (Å²) in [5, 5.41) is 0.499. The second-order valence-electron chi connectivity index (χ2n) is 3.07. The predicted octanol–water partition coefficient (Wildman–Crippen LogP) is 4.85. The van der Waals surface area contributed by atoms with E-state index in [1.54, 1.807) is 0 Å². The molecule has 2 aromatic rings. The van der Waals surface area contributed by atoms with Crippen molar-refractivity contribution < 1.29 is 4.39 Å². The Labute approximate surface area is 125 Å². The molecule has 7 heteroatoms. The summed E-state index contributed by atoms with van der Waals surface area (Å²) in [7, 11) is 0. The fourth-order valence-electron chi connectivity index (χ4n) is 1.16. The molecular weight excluding hydrogens is 400 g/mol. The minimum Gasteiger partial charge on any atom is -0.215 e. The standard InChI is InChI=1S/C10H3Cl3FIN2/c11-5-3-4(1-2-6(5)14)10-16-8(12)7(15)9(13)17-10/h1-3H. The van der Waals surface area contributed by atoms with Crippen LogP contribution in [0.25, 0.3) is 11.4 Å². The van der Waals surface area contributed by atoms with Crippen LogP contribution < -0.4 is 0 Å². The second kappa shape index (κ2) is 5.22. The average Bonchev–Trinajstić information content (AvgIpc) is 2.29. The van der Waals surface area contributed by atoms with Gasteiger partial charge in [0.1, 0.15) is 16.1 Å². The van der Waals surface area contributed by atoms with Crippen LogP contribution in [0.3, 0.4) is 0 Å². The number of hydrogen-bond acceptors (Lipinski definition) is 2. The van der Waals surface area contributed by atoms with Crippen LogP contribution in [-0.2, 0) is 0 Å². The molecule has 0 unspecified atom stereocenters. The summed E-state index contributed by atoms with van der Waals surface area (Å²) in [4.78, 5) is 8.11. The lowest BCUT2D eigenvalue weighted by Gasteiger charge is -2.04. The largest absolute Gasteiger partial charge is 0.215 e. The third-order valence-corrected chi connectivity index (χ3v) is 4.44. The fraction of sp³-hybridized carbons (Fsp3) is 0. The highest BCUT2D eigenvalue weighted by Gasteiger charge is 2.11. The molecule has 0 spiro atoms. The average molecular weight is 403 g/mol. The highest BCUT2D eigenvalue weighted by atomic mass is 127. The lowest BCUT2D eigenvalue weighted by molar-refractivity contribution is 0.628. The molecule has 0 amide bonds. The van der Waals surface area contributed by atoms with Gasteiger partial charge in [0, 0.05) is 5.56 Å². The summed E-state index contributed by atoms with van der Waals surface area (Å²) in [6.45, 7) is 0. The Morgan fingerprint density at radius 3 is 2.18 bits per heavy atom. The molecule has 0 saturated heterocycles. The van der Waals surface area contributed by atoms with E-state index in [1.807, 2.05) is 22.6 Å². The van der Waals surface area contributed by atoms with Crippen molar-refractivity contribution in [2.24, 2.45) is 0 Å². The van der Waals surface area contributed by atoms with Gasteiger partial charge in [-0.05, 0) is 40.8 Å². The minimum absolute atomic E-state index is 0.00288. The molecule has 2 nitrogen and oxygen atoms in total. The first-order valence-electron chi connectivity index (χ1n) is 4.33. The number of hydrogen-bond donors (Lipinski definition) is 0. The highest BCUT2D eigenvalue weighted by molar-refractivity contribution is 14.1. The first-order valence-corrected chi connectivity index (χ1v) is 6.54. The Morgan fingerprint density at radius 2 is 1.65 bits per heavy atom.